The number of hydrogen-bond acceptors (Lipinski definition) is 5. The van der Waals surface area contributed by atoms with E-state index in [1.165, 1.54) is 24.3 Å². The average molecular weight is 430 g/mol. The summed E-state index contributed by atoms with van der Waals surface area (Å²) in [6, 6.07) is 9.80. The fraction of sp³-hybridized carbons (Fsp3) is 0.238. The highest BCUT2D eigenvalue weighted by atomic mass is 19.1. The smallest absolute Gasteiger partial charge is 0.276 e. The number of hydrazine groups is 1. The van der Waals surface area contributed by atoms with E-state index in [9.17, 15) is 23.2 Å². The number of ether oxygens (including phenoxy) is 1. The van der Waals surface area contributed by atoms with Gasteiger partial charge in [-0.15, -0.1) is 0 Å². The molecule has 8 nitrogen and oxygen atoms in total. The van der Waals surface area contributed by atoms with Gasteiger partial charge in [-0.3, -0.25) is 25.2 Å². The van der Waals surface area contributed by atoms with Gasteiger partial charge in [-0.2, -0.15) is 5.26 Å². The number of nitriles is 1. The number of hydrogen-bond donors (Lipinski definition) is 3. The Morgan fingerprint density at radius 3 is 2.19 bits per heavy atom. The lowest BCUT2D eigenvalue weighted by Gasteiger charge is -2.22. The highest BCUT2D eigenvalue weighted by molar-refractivity contribution is 5.98. The first kappa shape index (κ1) is 23.3. The van der Waals surface area contributed by atoms with Crippen LogP contribution in [0.1, 0.15) is 29.8 Å². The molecule has 1 unspecified atom stereocenters. The van der Waals surface area contributed by atoms with Crippen molar-refractivity contribution in [2.24, 2.45) is 5.92 Å². The first-order chi connectivity index (χ1) is 14.7. The van der Waals surface area contributed by atoms with Crippen LogP contribution in [-0.2, 0) is 9.59 Å². The summed E-state index contributed by atoms with van der Waals surface area (Å²) in [5.74, 6) is -4.80. The van der Waals surface area contributed by atoms with Gasteiger partial charge in [-0.25, -0.2) is 8.78 Å². The van der Waals surface area contributed by atoms with Gasteiger partial charge in [-0.1, -0.05) is 19.9 Å². The van der Waals surface area contributed by atoms with Crippen LogP contribution in [0.15, 0.2) is 42.5 Å². The molecule has 0 saturated heterocycles. The molecule has 0 radical (unpaired) electrons. The summed E-state index contributed by atoms with van der Waals surface area (Å²) in [5.41, 5.74) is 3.90. The van der Waals surface area contributed by atoms with Gasteiger partial charge in [0.25, 0.3) is 17.7 Å². The van der Waals surface area contributed by atoms with E-state index < -0.39 is 53.5 Å². The van der Waals surface area contributed by atoms with Crippen molar-refractivity contribution in [2.75, 3.05) is 6.61 Å². The lowest BCUT2D eigenvalue weighted by atomic mass is 10.0. The molecule has 3 N–H and O–H groups in total. The summed E-state index contributed by atoms with van der Waals surface area (Å²) < 4.78 is 32.8. The van der Waals surface area contributed by atoms with Crippen molar-refractivity contribution in [1.82, 2.24) is 16.2 Å². The zero-order valence-corrected chi connectivity index (χ0v) is 16.7. The molecule has 162 valence electrons. The van der Waals surface area contributed by atoms with Gasteiger partial charge in [0.15, 0.2) is 6.61 Å². The summed E-state index contributed by atoms with van der Waals surface area (Å²) in [7, 11) is 0. The van der Waals surface area contributed by atoms with E-state index in [2.05, 4.69) is 16.2 Å². The van der Waals surface area contributed by atoms with Crippen molar-refractivity contribution < 1.29 is 27.9 Å². The fourth-order valence-electron chi connectivity index (χ4n) is 2.48. The third kappa shape index (κ3) is 6.50. The Morgan fingerprint density at radius 2 is 1.65 bits per heavy atom. The van der Waals surface area contributed by atoms with Crippen LogP contribution in [0.3, 0.4) is 0 Å². The highest BCUT2D eigenvalue weighted by Crippen LogP contribution is 2.13. The molecule has 31 heavy (non-hydrogen) atoms. The molecule has 0 aromatic heterocycles. The van der Waals surface area contributed by atoms with E-state index in [-0.39, 0.29) is 0 Å². The Hall–Kier alpha value is -4.00. The molecular weight excluding hydrogens is 410 g/mol. The maximum atomic E-state index is 13.8. The summed E-state index contributed by atoms with van der Waals surface area (Å²) >= 11 is 0. The number of benzene rings is 2. The van der Waals surface area contributed by atoms with Gasteiger partial charge < -0.3 is 10.1 Å². The van der Waals surface area contributed by atoms with Crippen LogP contribution in [0.5, 0.6) is 5.75 Å². The molecule has 0 aliphatic carbocycles. The Balaban J connectivity index is 1.90. The number of nitrogens with zero attached hydrogens (tertiary/aromatic N) is 1. The average Bonchev–Trinajstić information content (AvgIpc) is 2.74. The second-order valence-electron chi connectivity index (χ2n) is 6.75. The third-order valence-electron chi connectivity index (χ3n) is 4.10. The second kappa shape index (κ2) is 10.7. The van der Waals surface area contributed by atoms with Crippen molar-refractivity contribution in [3.05, 3.63) is 65.2 Å². The summed E-state index contributed by atoms with van der Waals surface area (Å²) in [4.78, 5) is 36.5. The maximum Gasteiger partial charge on any atom is 0.276 e. The number of amides is 3. The van der Waals surface area contributed by atoms with Crippen molar-refractivity contribution in [2.45, 2.75) is 19.9 Å². The summed E-state index contributed by atoms with van der Waals surface area (Å²) in [5, 5.41) is 11.0. The standard InChI is InChI=1S/C21H20F2N4O4/c1-12(2)19(25-20(29)18-15(22)4-3-5-16(18)23)21(30)27-26-17(28)11-31-14-8-6-13(10-24)7-9-14/h3-9,12,19H,11H2,1-2H3,(H,25,29)(H,26,28)(H,27,30). The topological polar surface area (TPSA) is 120 Å². The van der Waals surface area contributed by atoms with E-state index in [4.69, 9.17) is 10.00 Å². The first-order valence-corrected chi connectivity index (χ1v) is 9.19. The number of carbonyl (C=O) groups is 3. The molecule has 0 bridgehead atoms. The van der Waals surface area contributed by atoms with Crippen LogP contribution in [0, 0.1) is 28.9 Å². The van der Waals surface area contributed by atoms with Crippen LogP contribution in [0.25, 0.3) is 0 Å². The minimum Gasteiger partial charge on any atom is -0.484 e. The van der Waals surface area contributed by atoms with Gasteiger partial charge >= 0.3 is 0 Å². The molecule has 3 amide bonds. The van der Waals surface area contributed by atoms with E-state index >= 15 is 0 Å². The number of carbonyl (C=O) groups excluding carboxylic acids is 3. The minimum absolute atomic E-state index is 0.347. The van der Waals surface area contributed by atoms with Crippen molar-refractivity contribution >= 4 is 17.7 Å². The predicted molar refractivity (Wildman–Crippen MR) is 105 cm³/mol. The van der Waals surface area contributed by atoms with Crippen molar-refractivity contribution in [3.8, 4) is 11.8 Å². The largest absolute Gasteiger partial charge is 0.484 e. The van der Waals surface area contributed by atoms with Crippen molar-refractivity contribution in [3.63, 3.8) is 0 Å². The van der Waals surface area contributed by atoms with E-state index in [1.54, 1.807) is 13.8 Å². The van der Waals surface area contributed by atoms with E-state index in [1.807, 2.05) is 6.07 Å². The van der Waals surface area contributed by atoms with Crippen LogP contribution >= 0.6 is 0 Å². The molecule has 0 fully saturated rings. The Kier molecular flexibility index (Phi) is 8.02. The van der Waals surface area contributed by atoms with Crippen molar-refractivity contribution in [1.29, 1.82) is 5.26 Å². The fourth-order valence-corrected chi connectivity index (χ4v) is 2.48. The number of rotatable bonds is 7. The number of halogens is 2. The third-order valence-corrected chi connectivity index (χ3v) is 4.10. The molecule has 2 aromatic carbocycles. The summed E-state index contributed by atoms with van der Waals surface area (Å²) in [6.45, 7) is 2.79. The predicted octanol–water partition coefficient (Wildman–Crippen LogP) is 1.82. The molecular formula is C21H20F2N4O4. The van der Waals surface area contributed by atoms with Gasteiger partial charge in [0.1, 0.15) is 29.0 Å². The van der Waals surface area contributed by atoms with Crippen LogP contribution < -0.4 is 20.9 Å². The SMILES string of the molecule is CC(C)C(NC(=O)c1c(F)cccc1F)C(=O)NNC(=O)COc1ccc(C#N)cc1. The Bertz CT molecular complexity index is 983. The lowest BCUT2D eigenvalue weighted by Crippen LogP contribution is -2.55. The van der Waals surface area contributed by atoms with Crippen LogP contribution in [-0.4, -0.2) is 30.4 Å². The van der Waals surface area contributed by atoms with Crippen LogP contribution in [0.4, 0.5) is 8.78 Å². The first-order valence-electron chi connectivity index (χ1n) is 9.19. The molecule has 2 rings (SSSR count). The zero-order valence-electron chi connectivity index (χ0n) is 16.7. The van der Waals surface area contributed by atoms with Gasteiger partial charge in [0.05, 0.1) is 11.6 Å². The molecule has 0 aliphatic rings. The van der Waals surface area contributed by atoms with Gasteiger partial charge in [0, 0.05) is 0 Å². The van der Waals surface area contributed by atoms with Gasteiger partial charge in [-0.05, 0) is 42.3 Å². The number of nitrogens with one attached hydrogen (secondary N) is 3. The highest BCUT2D eigenvalue weighted by Gasteiger charge is 2.27. The monoisotopic (exact) mass is 430 g/mol. The van der Waals surface area contributed by atoms with Gasteiger partial charge in [0.2, 0.25) is 0 Å². The molecule has 2 aromatic rings. The minimum atomic E-state index is -1.17. The summed E-state index contributed by atoms with van der Waals surface area (Å²) in [6.07, 6.45) is 0. The van der Waals surface area contributed by atoms with Crippen LogP contribution in [0.2, 0.25) is 0 Å². The lowest BCUT2D eigenvalue weighted by molar-refractivity contribution is -0.131. The Morgan fingerprint density at radius 1 is 1.03 bits per heavy atom. The molecule has 1 atom stereocenters. The Labute approximate surface area is 177 Å². The maximum absolute atomic E-state index is 13.8. The molecule has 0 heterocycles. The molecule has 0 saturated carbocycles. The normalized spacial score (nSPS) is 11.2. The molecule has 10 heteroatoms. The van der Waals surface area contributed by atoms with E-state index in [0.29, 0.717) is 11.3 Å². The quantitative estimate of drug-likeness (QED) is 0.579. The second-order valence-corrected chi connectivity index (χ2v) is 6.75. The zero-order chi connectivity index (χ0) is 23.0. The van der Waals surface area contributed by atoms with E-state index in [0.717, 1.165) is 18.2 Å². The molecule has 0 aliphatic heterocycles. The molecule has 0 spiro atoms.